The second-order valence-electron chi connectivity index (χ2n) is 5.81. The minimum absolute atomic E-state index is 0.0922. The Labute approximate surface area is 145 Å². The number of carboxylic acids is 1. The predicted molar refractivity (Wildman–Crippen MR) is 89.3 cm³/mol. The van der Waals surface area contributed by atoms with Crippen LogP contribution in [0.25, 0.3) is 0 Å². The zero-order chi connectivity index (χ0) is 18.0. The molecule has 0 aromatic heterocycles. The molecule has 0 N–H and O–H groups in total. The van der Waals surface area contributed by atoms with Gasteiger partial charge in [0.1, 0.15) is 11.5 Å². The normalized spacial score (nSPS) is 19.8. The average Bonchev–Trinajstić information content (AvgIpc) is 2.99. The molecule has 1 heterocycles. The molecule has 130 valence electrons. The van der Waals surface area contributed by atoms with Crippen LogP contribution in [0.5, 0.6) is 11.5 Å². The van der Waals surface area contributed by atoms with E-state index in [9.17, 15) is 14.7 Å². The second kappa shape index (κ2) is 6.84. The molecule has 0 saturated carbocycles. The standard InChI is InChI=1S/C19H19NO5/c1-24-14-7-3-12(4-8-14)18-16(19(22)23)11-17(21)20(18)13-5-9-15(25-2)10-6-13/h3-10,16,18H,11H2,1-2H3,(H,22,23)/p-1. The molecule has 2 aromatic rings. The van der Waals surface area contributed by atoms with Gasteiger partial charge in [0.05, 0.1) is 20.3 Å². The number of carbonyl (C=O) groups is 2. The minimum atomic E-state index is -1.23. The van der Waals surface area contributed by atoms with Crippen molar-refractivity contribution in [2.24, 2.45) is 5.92 Å². The number of ether oxygens (including phenoxy) is 2. The van der Waals surface area contributed by atoms with Crippen molar-refractivity contribution < 1.29 is 24.2 Å². The number of carboxylic acid groups (broad SMARTS) is 1. The molecule has 3 rings (SSSR count). The first kappa shape index (κ1) is 16.8. The lowest BCUT2D eigenvalue weighted by Gasteiger charge is -2.29. The van der Waals surface area contributed by atoms with Crippen LogP contribution in [-0.4, -0.2) is 26.1 Å². The molecule has 0 radical (unpaired) electrons. The molecule has 0 spiro atoms. The number of nitrogens with zero attached hydrogens (tertiary/aromatic N) is 1. The van der Waals surface area contributed by atoms with Crippen molar-refractivity contribution in [2.75, 3.05) is 19.1 Å². The van der Waals surface area contributed by atoms with E-state index in [4.69, 9.17) is 9.47 Å². The summed E-state index contributed by atoms with van der Waals surface area (Å²) in [5.41, 5.74) is 1.34. The van der Waals surface area contributed by atoms with Crippen molar-refractivity contribution in [1.29, 1.82) is 0 Å². The van der Waals surface area contributed by atoms with Gasteiger partial charge in [-0.1, -0.05) is 12.1 Å². The van der Waals surface area contributed by atoms with Gasteiger partial charge in [-0.05, 0) is 42.0 Å². The maximum absolute atomic E-state index is 12.5. The molecule has 2 atom stereocenters. The van der Waals surface area contributed by atoms with Gasteiger partial charge in [-0.2, -0.15) is 0 Å². The highest BCUT2D eigenvalue weighted by atomic mass is 16.5. The van der Waals surface area contributed by atoms with Crippen molar-refractivity contribution in [3.05, 3.63) is 54.1 Å². The number of hydrogen-bond donors (Lipinski definition) is 0. The SMILES string of the molecule is COc1ccc(C2C(C(=O)[O-])CC(=O)N2c2ccc(OC)cc2)cc1. The van der Waals surface area contributed by atoms with E-state index in [0.717, 1.165) is 5.56 Å². The summed E-state index contributed by atoms with van der Waals surface area (Å²) in [5.74, 6) is -1.07. The predicted octanol–water partition coefficient (Wildman–Crippen LogP) is 1.55. The summed E-state index contributed by atoms with van der Waals surface area (Å²) in [6.45, 7) is 0. The van der Waals surface area contributed by atoms with Crippen LogP contribution in [0.4, 0.5) is 5.69 Å². The number of hydrogen-bond acceptors (Lipinski definition) is 5. The lowest BCUT2D eigenvalue weighted by atomic mass is 9.93. The van der Waals surface area contributed by atoms with Gasteiger partial charge in [0, 0.05) is 24.0 Å². The first-order chi connectivity index (χ1) is 12.0. The summed E-state index contributed by atoms with van der Waals surface area (Å²) in [6.07, 6.45) is -0.0922. The molecule has 2 aromatic carbocycles. The topological polar surface area (TPSA) is 78.9 Å². The molecule has 1 aliphatic heterocycles. The average molecular weight is 340 g/mol. The third kappa shape index (κ3) is 3.15. The molecule has 1 aliphatic rings. The fraction of sp³-hybridized carbons (Fsp3) is 0.263. The van der Waals surface area contributed by atoms with Crippen molar-refractivity contribution in [3.63, 3.8) is 0 Å². The van der Waals surface area contributed by atoms with Crippen LogP contribution in [-0.2, 0) is 9.59 Å². The van der Waals surface area contributed by atoms with Crippen LogP contribution in [0.3, 0.4) is 0 Å². The molecular formula is C19H18NO5-. The maximum Gasteiger partial charge on any atom is 0.228 e. The Morgan fingerprint density at radius 2 is 1.52 bits per heavy atom. The largest absolute Gasteiger partial charge is 0.550 e. The number of carbonyl (C=O) groups excluding carboxylic acids is 2. The maximum atomic E-state index is 12.5. The number of amides is 1. The van der Waals surface area contributed by atoms with Crippen LogP contribution in [0.1, 0.15) is 18.0 Å². The third-order valence-electron chi connectivity index (χ3n) is 4.43. The van der Waals surface area contributed by atoms with Crippen molar-refractivity contribution in [2.45, 2.75) is 12.5 Å². The van der Waals surface area contributed by atoms with E-state index < -0.39 is 17.9 Å². The minimum Gasteiger partial charge on any atom is -0.550 e. The molecular weight excluding hydrogens is 322 g/mol. The fourth-order valence-electron chi connectivity index (χ4n) is 3.18. The zero-order valence-corrected chi connectivity index (χ0v) is 14.0. The number of benzene rings is 2. The van der Waals surface area contributed by atoms with Gasteiger partial charge in [0.2, 0.25) is 5.91 Å². The summed E-state index contributed by atoms with van der Waals surface area (Å²) in [5, 5.41) is 11.6. The highest BCUT2D eigenvalue weighted by Gasteiger charge is 2.42. The van der Waals surface area contributed by atoms with E-state index in [1.165, 1.54) is 4.90 Å². The van der Waals surface area contributed by atoms with E-state index in [0.29, 0.717) is 17.2 Å². The zero-order valence-electron chi connectivity index (χ0n) is 14.0. The van der Waals surface area contributed by atoms with Crippen molar-refractivity contribution in [3.8, 4) is 11.5 Å². The Morgan fingerprint density at radius 1 is 1.00 bits per heavy atom. The first-order valence-electron chi connectivity index (χ1n) is 7.86. The van der Waals surface area contributed by atoms with E-state index in [1.54, 1.807) is 62.8 Å². The molecule has 1 fully saturated rings. The Balaban J connectivity index is 2.03. The van der Waals surface area contributed by atoms with Crippen LogP contribution in [0, 0.1) is 5.92 Å². The molecule has 6 heteroatoms. The van der Waals surface area contributed by atoms with Gasteiger partial charge in [-0.15, -0.1) is 0 Å². The molecule has 25 heavy (non-hydrogen) atoms. The van der Waals surface area contributed by atoms with Crippen molar-refractivity contribution >= 4 is 17.6 Å². The molecule has 1 saturated heterocycles. The van der Waals surface area contributed by atoms with Crippen LogP contribution < -0.4 is 19.5 Å². The fourth-order valence-corrected chi connectivity index (χ4v) is 3.18. The van der Waals surface area contributed by atoms with E-state index >= 15 is 0 Å². The summed E-state index contributed by atoms with van der Waals surface area (Å²) in [6, 6.07) is 13.4. The van der Waals surface area contributed by atoms with E-state index in [2.05, 4.69) is 0 Å². The molecule has 0 bridgehead atoms. The number of aliphatic carboxylic acids is 1. The van der Waals surface area contributed by atoms with Gasteiger partial charge < -0.3 is 24.3 Å². The van der Waals surface area contributed by atoms with Crippen LogP contribution >= 0.6 is 0 Å². The summed E-state index contributed by atoms with van der Waals surface area (Å²) in [7, 11) is 3.12. The van der Waals surface area contributed by atoms with Gasteiger partial charge in [-0.3, -0.25) is 4.79 Å². The van der Waals surface area contributed by atoms with Gasteiger partial charge in [-0.25, -0.2) is 0 Å². The van der Waals surface area contributed by atoms with Crippen LogP contribution in [0.2, 0.25) is 0 Å². The Kier molecular flexibility index (Phi) is 4.61. The molecule has 6 nitrogen and oxygen atoms in total. The molecule has 0 aliphatic carbocycles. The van der Waals surface area contributed by atoms with Gasteiger partial charge in [0.15, 0.2) is 0 Å². The summed E-state index contributed by atoms with van der Waals surface area (Å²) < 4.78 is 10.3. The second-order valence-corrected chi connectivity index (χ2v) is 5.81. The Morgan fingerprint density at radius 3 is 2.00 bits per heavy atom. The number of methoxy groups -OCH3 is 2. The monoisotopic (exact) mass is 340 g/mol. The molecule has 2 unspecified atom stereocenters. The van der Waals surface area contributed by atoms with Crippen molar-refractivity contribution in [1.82, 2.24) is 0 Å². The lowest BCUT2D eigenvalue weighted by molar-refractivity contribution is -0.311. The van der Waals surface area contributed by atoms with Gasteiger partial charge in [0.25, 0.3) is 0 Å². The van der Waals surface area contributed by atoms with E-state index in [1.807, 2.05) is 0 Å². The van der Waals surface area contributed by atoms with Gasteiger partial charge >= 0.3 is 0 Å². The van der Waals surface area contributed by atoms with Crippen LogP contribution in [0.15, 0.2) is 48.5 Å². The summed E-state index contributed by atoms with van der Waals surface area (Å²) >= 11 is 0. The number of anilines is 1. The summed E-state index contributed by atoms with van der Waals surface area (Å²) in [4.78, 5) is 25.6. The molecule has 1 amide bonds. The Bertz CT molecular complexity index is 769. The quantitative estimate of drug-likeness (QED) is 0.825. The first-order valence-corrected chi connectivity index (χ1v) is 7.86. The third-order valence-corrected chi connectivity index (χ3v) is 4.43. The Hall–Kier alpha value is -3.02. The number of rotatable bonds is 5. The highest BCUT2D eigenvalue weighted by Crippen LogP contribution is 2.41. The smallest absolute Gasteiger partial charge is 0.228 e. The highest BCUT2D eigenvalue weighted by molar-refractivity contribution is 6.00. The van der Waals surface area contributed by atoms with E-state index in [-0.39, 0.29) is 12.3 Å². The lowest BCUT2D eigenvalue weighted by Crippen LogP contribution is -2.36.